The van der Waals surface area contributed by atoms with E-state index in [0.717, 1.165) is 5.69 Å². The average molecular weight is 329 g/mol. The van der Waals surface area contributed by atoms with E-state index in [1.165, 1.54) is 25.2 Å². The second-order valence-electron chi connectivity index (χ2n) is 5.14. The zero-order valence-electron chi connectivity index (χ0n) is 14.1. The van der Waals surface area contributed by atoms with E-state index in [2.05, 4.69) is 14.7 Å². The van der Waals surface area contributed by atoms with Gasteiger partial charge in [-0.1, -0.05) is 6.07 Å². The third kappa shape index (κ3) is 4.07. The molecular formula is C17H19N3O4. The van der Waals surface area contributed by atoms with Crippen LogP contribution in [0.2, 0.25) is 0 Å². The molecular weight excluding hydrogens is 310 g/mol. The first-order valence-corrected chi connectivity index (χ1v) is 7.29. The minimum absolute atomic E-state index is 0.241. The fourth-order valence-corrected chi connectivity index (χ4v) is 2.15. The molecule has 0 fully saturated rings. The molecule has 0 aliphatic heterocycles. The summed E-state index contributed by atoms with van der Waals surface area (Å²) < 4.78 is 9.79. The monoisotopic (exact) mass is 329 g/mol. The number of amides is 1. The molecule has 0 aliphatic carbocycles. The SMILES string of the molecule is COC(=O)CN(C(=O)c1cc(C)nc(OC)c1)c1cccc(C)n1. The van der Waals surface area contributed by atoms with Crippen LogP contribution in [0.3, 0.4) is 0 Å². The Labute approximate surface area is 140 Å². The fourth-order valence-electron chi connectivity index (χ4n) is 2.15. The molecule has 2 heterocycles. The van der Waals surface area contributed by atoms with Gasteiger partial charge in [-0.3, -0.25) is 14.5 Å². The normalized spacial score (nSPS) is 10.2. The molecule has 2 aromatic rings. The smallest absolute Gasteiger partial charge is 0.325 e. The van der Waals surface area contributed by atoms with E-state index >= 15 is 0 Å². The van der Waals surface area contributed by atoms with Gasteiger partial charge < -0.3 is 9.47 Å². The molecule has 0 radical (unpaired) electrons. The molecule has 126 valence electrons. The Morgan fingerprint density at radius 3 is 2.46 bits per heavy atom. The van der Waals surface area contributed by atoms with Crippen molar-refractivity contribution in [3.8, 4) is 5.88 Å². The molecule has 7 heteroatoms. The van der Waals surface area contributed by atoms with Crippen molar-refractivity contribution < 1.29 is 19.1 Å². The maximum atomic E-state index is 12.9. The summed E-state index contributed by atoms with van der Waals surface area (Å²) in [6.45, 7) is 3.33. The Hall–Kier alpha value is -2.96. The lowest BCUT2D eigenvalue weighted by Gasteiger charge is -2.21. The zero-order valence-corrected chi connectivity index (χ0v) is 14.1. The van der Waals surface area contributed by atoms with E-state index < -0.39 is 5.97 Å². The zero-order chi connectivity index (χ0) is 17.7. The van der Waals surface area contributed by atoms with Crippen molar-refractivity contribution in [1.29, 1.82) is 0 Å². The molecule has 0 saturated carbocycles. The molecule has 0 aromatic carbocycles. The number of carbonyl (C=O) groups is 2. The highest BCUT2D eigenvalue weighted by Crippen LogP contribution is 2.18. The minimum Gasteiger partial charge on any atom is -0.481 e. The predicted octanol–water partition coefficient (Wildman–Crippen LogP) is 1.92. The van der Waals surface area contributed by atoms with Crippen molar-refractivity contribution in [1.82, 2.24) is 9.97 Å². The van der Waals surface area contributed by atoms with E-state index in [1.54, 1.807) is 25.1 Å². The lowest BCUT2D eigenvalue weighted by Crippen LogP contribution is -2.37. The van der Waals surface area contributed by atoms with E-state index in [4.69, 9.17) is 4.74 Å². The van der Waals surface area contributed by atoms with Crippen LogP contribution >= 0.6 is 0 Å². The van der Waals surface area contributed by atoms with E-state index in [9.17, 15) is 9.59 Å². The summed E-state index contributed by atoms with van der Waals surface area (Å²) in [5, 5.41) is 0. The summed E-state index contributed by atoms with van der Waals surface area (Å²) in [6.07, 6.45) is 0. The van der Waals surface area contributed by atoms with E-state index in [-0.39, 0.29) is 12.5 Å². The van der Waals surface area contributed by atoms with Crippen LogP contribution in [0.15, 0.2) is 30.3 Å². The van der Waals surface area contributed by atoms with Crippen molar-refractivity contribution in [2.24, 2.45) is 0 Å². The standard InChI is InChI=1S/C17H19N3O4/c1-11-6-5-7-14(18-11)20(10-16(21)24-4)17(22)13-8-12(2)19-15(9-13)23-3/h5-9H,10H2,1-4H3. The van der Waals surface area contributed by atoms with Crippen LogP contribution in [0.4, 0.5) is 5.82 Å². The van der Waals surface area contributed by atoms with Gasteiger partial charge in [0, 0.05) is 23.0 Å². The average Bonchev–Trinajstić information content (AvgIpc) is 2.58. The molecule has 7 nitrogen and oxygen atoms in total. The third-order valence-electron chi connectivity index (χ3n) is 3.30. The topological polar surface area (TPSA) is 81.6 Å². The second-order valence-corrected chi connectivity index (χ2v) is 5.14. The van der Waals surface area contributed by atoms with Gasteiger partial charge in [-0.05, 0) is 32.0 Å². The first-order valence-electron chi connectivity index (χ1n) is 7.29. The molecule has 2 rings (SSSR count). The van der Waals surface area contributed by atoms with Gasteiger partial charge in [0.2, 0.25) is 5.88 Å². The Morgan fingerprint density at radius 1 is 1.08 bits per heavy atom. The molecule has 0 aliphatic rings. The molecule has 1 amide bonds. The highest BCUT2D eigenvalue weighted by molar-refractivity contribution is 6.08. The number of hydrogen-bond acceptors (Lipinski definition) is 6. The Morgan fingerprint density at radius 2 is 1.83 bits per heavy atom. The molecule has 0 unspecified atom stereocenters. The van der Waals surface area contributed by atoms with Gasteiger partial charge in [0.15, 0.2) is 0 Å². The highest BCUT2D eigenvalue weighted by atomic mass is 16.5. The first-order chi connectivity index (χ1) is 11.4. The van der Waals surface area contributed by atoms with Gasteiger partial charge in [-0.25, -0.2) is 9.97 Å². The number of anilines is 1. The summed E-state index contributed by atoms with van der Waals surface area (Å²) in [7, 11) is 2.75. The predicted molar refractivity (Wildman–Crippen MR) is 88.2 cm³/mol. The third-order valence-corrected chi connectivity index (χ3v) is 3.30. The number of hydrogen-bond donors (Lipinski definition) is 0. The number of carbonyl (C=O) groups excluding carboxylic acids is 2. The van der Waals surface area contributed by atoms with Crippen LogP contribution in [0.25, 0.3) is 0 Å². The largest absolute Gasteiger partial charge is 0.481 e. The molecule has 2 aromatic heterocycles. The quantitative estimate of drug-likeness (QED) is 0.780. The number of esters is 1. The Balaban J connectivity index is 2.44. The fraction of sp³-hybridized carbons (Fsp3) is 0.294. The Kier molecular flexibility index (Phi) is 5.47. The van der Waals surface area contributed by atoms with Crippen molar-refractivity contribution in [3.63, 3.8) is 0 Å². The van der Waals surface area contributed by atoms with E-state index in [1.807, 2.05) is 13.0 Å². The van der Waals surface area contributed by atoms with Gasteiger partial charge in [0.05, 0.1) is 14.2 Å². The molecule has 0 N–H and O–H groups in total. The molecule has 0 saturated heterocycles. The first kappa shape index (κ1) is 17.4. The van der Waals surface area contributed by atoms with Gasteiger partial charge in [0.1, 0.15) is 12.4 Å². The summed E-state index contributed by atoms with van der Waals surface area (Å²) >= 11 is 0. The summed E-state index contributed by atoms with van der Waals surface area (Å²) in [6, 6.07) is 8.40. The molecule has 0 bridgehead atoms. The summed E-state index contributed by atoms with van der Waals surface area (Å²) in [4.78, 5) is 34.4. The summed E-state index contributed by atoms with van der Waals surface area (Å²) in [5.41, 5.74) is 1.72. The van der Waals surface area contributed by atoms with Crippen molar-refractivity contribution in [2.75, 3.05) is 25.7 Å². The number of aromatic nitrogens is 2. The van der Waals surface area contributed by atoms with Crippen molar-refractivity contribution in [2.45, 2.75) is 13.8 Å². The Bertz CT molecular complexity index is 761. The molecule has 0 spiro atoms. The van der Waals surface area contributed by atoms with Gasteiger partial charge in [-0.15, -0.1) is 0 Å². The second kappa shape index (κ2) is 7.54. The number of aryl methyl sites for hydroxylation is 2. The van der Waals surface area contributed by atoms with Crippen LogP contribution in [-0.2, 0) is 9.53 Å². The lowest BCUT2D eigenvalue weighted by molar-refractivity contribution is -0.138. The maximum Gasteiger partial charge on any atom is 0.325 e. The van der Waals surface area contributed by atoms with Crippen LogP contribution in [0.5, 0.6) is 5.88 Å². The summed E-state index contributed by atoms with van der Waals surface area (Å²) in [5.74, 6) is -0.223. The van der Waals surface area contributed by atoms with Gasteiger partial charge >= 0.3 is 5.97 Å². The lowest BCUT2D eigenvalue weighted by atomic mass is 10.2. The van der Waals surface area contributed by atoms with E-state index in [0.29, 0.717) is 23.0 Å². The van der Waals surface area contributed by atoms with Crippen LogP contribution in [-0.4, -0.2) is 42.6 Å². The number of pyridine rings is 2. The van der Waals surface area contributed by atoms with Gasteiger partial charge in [-0.2, -0.15) is 0 Å². The number of nitrogens with zero attached hydrogens (tertiary/aromatic N) is 3. The van der Waals surface area contributed by atoms with Crippen LogP contribution in [0.1, 0.15) is 21.7 Å². The molecule has 0 atom stereocenters. The van der Waals surface area contributed by atoms with Crippen molar-refractivity contribution >= 4 is 17.7 Å². The number of methoxy groups -OCH3 is 2. The maximum absolute atomic E-state index is 12.9. The number of rotatable bonds is 5. The van der Waals surface area contributed by atoms with Gasteiger partial charge in [0.25, 0.3) is 5.91 Å². The number of ether oxygens (including phenoxy) is 2. The highest BCUT2D eigenvalue weighted by Gasteiger charge is 2.23. The molecule has 24 heavy (non-hydrogen) atoms. The minimum atomic E-state index is -0.538. The van der Waals surface area contributed by atoms with Crippen LogP contribution < -0.4 is 9.64 Å². The van der Waals surface area contributed by atoms with Crippen LogP contribution in [0, 0.1) is 13.8 Å². The van der Waals surface area contributed by atoms with Crippen molar-refractivity contribution in [3.05, 3.63) is 47.3 Å².